The third-order valence-electron chi connectivity index (χ3n) is 5.67. The number of piperidine rings is 1. The van der Waals surface area contributed by atoms with Gasteiger partial charge in [-0.05, 0) is 48.9 Å². The number of rotatable bonds is 5. The number of pyridine rings is 1. The van der Waals surface area contributed by atoms with Gasteiger partial charge in [-0.3, -0.25) is 14.6 Å². The van der Waals surface area contributed by atoms with Crippen LogP contribution in [0.25, 0.3) is 10.9 Å². The highest BCUT2D eigenvalue weighted by molar-refractivity contribution is 5.98. The number of para-hydroxylation sites is 1. The number of hydrogen-bond acceptors (Lipinski definition) is 3. The molecule has 1 aliphatic rings. The van der Waals surface area contributed by atoms with E-state index in [0.29, 0.717) is 18.0 Å². The minimum atomic E-state index is -0.258. The maximum absolute atomic E-state index is 12.7. The normalized spacial score (nSPS) is 14.9. The second kappa shape index (κ2) is 8.47. The van der Waals surface area contributed by atoms with Gasteiger partial charge in [-0.2, -0.15) is 0 Å². The lowest BCUT2D eigenvalue weighted by Crippen LogP contribution is -2.38. The van der Waals surface area contributed by atoms with E-state index in [4.69, 9.17) is 0 Å². The molecule has 0 bridgehead atoms. The zero-order valence-electron chi connectivity index (χ0n) is 16.6. The number of H-pyrrole nitrogens is 1. The van der Waals surface area contributed by atoms with Gasteiger partial charge < -0.3 is 15.2 Å². The molecule has 0 radical (unpaired) electrons. The van der Waals surface area contributed by atoms with E-state index in [1.165, 1.54) is 11.6 Å². The van der Waals surface area contributed by atoms with Crippen LogP contribution in [0.5, 0.6) is 0 Å². The van der Waals surface area contributed by atoms with Gasteiger partial charge in [-0.25, -0.2) is 0 Å². The van der Waals surface area contributed by atoms with Gasteiger partial charge in [0.15, 0.2) is 0 Å². The fourth-order valence-corrected chi connectivity index (χ4v) is 3.82. The quantitative estimate of drug-likeness (QED) is 0.701. The zero-order valence-corrected chi connectivity index (χ0v) is 16.6. The predicted molar refractivity (Wildman–Crippen MR) is 113 cm³/mol. The van der Waals surface area contributed by atoms with E-state index in [9.17, 15) is 9.59 Å². The minimum absolute atomic E-state index is 0.0212. The summed E-state index contributed by atoms with van der Waals surface area (Å²) in [6, 6.07) is 11.4. The topological polar surface area (TPSA) is 78.1 Å². The molecule has 3 aromatic rings. The number of amides is 2. The van der Waals surface area contributed by atoms with Crippen LogP contribution in [0.15, 0.2) is 48.8 Å². The van der Waals surface area contributed by atoms with Crippen molar-refractivity contribution in [3.05, 3.63) is 65.6 Å². The number of likely N-dealkylation sites (tertiary alicyclic amines) is 1. The highest BCUT2D eigenvalue weighted by atomic mass is 16.2. The Morgan fingerprint density at radius 2 is 2.00 bits per heavy atom. The number of hydrogen-bond donors (Lipinski definition) is 2. The zero-order chi connectivity index (χ0) is 20.2. The van der Waals surface area contributed by atoms with Gasteiger partial charge in [-0.15, -0.1) is 0 Å². The van der Waals surface area contributed by atoms with Crippen LogP contribution >= 0.6 is 0 Å². The largest absolute Gasteiger partial charge is 0.361 e. The first kappa shape index (κ1) is 19.2. The first-order valence-electron chi connectivity index (χ1n) is 10.2. The van der Waals surface area contributed by atoms with Gasteiger partial charge in [0.1, 0.15) is 5.69 Å². The Morgan fingerprint density at radius 1 is 1.21 bits per heavy atom. The lowest BCUT2D eigenvalue weighted by atomic mass is 9.98. The van der Waals surface area contributed by atoms with Crippen LogP contribution in [0.1, 0.15) is 46.2 Å². The number of nitrogens with one attached hydrogen (secondary N) is 2. The number of benzene rings is 1. The van der Waals surface area contributed by atoms with E-state index in [1.54, 1.807) is 12.1 Å². The van der Waals surface area contributed by atoms with E-state index in [-0.39, 0.29) is 17.5 Å². The molecule has 150 valence electrons. The summed E-state index contributed by atoms with van der Waals surface area (Å²) < 4.78 is 0. The first-order chi connectivity index (χ1) is 14.1. The van der Waals surface area contributed by atoms with Gasteiger partial charge in [0.2, 0.25) is 0 Å². The van der Waals surface area contributed by atoms with Crippen LogP contribution in [0.4, 0.5) is 0 Å². The molecule has 1 saturated heterocycles. The molecule has 1 aliphatic heterocycles. The SMILES string of the molecule is CC1CCN(C(=O)c2ccnc(C(=O)NCCc3c[nH]c4ccccc34)c2)CC1. The molecule has 0 atom stereocenters. The monoisotopic (exact) mass is 390 g/mol. The van der Waals surface area contributed by atoms with Crippen LogP contribution in [0.3, 0.4) is 0 Å². The number of fused-ring (bicyclic) bond motifs is 1. The third-order valence-corrected chi connectivity index (χ3v) is 5.67. The predicted octanol–water partition coefficient (Wildman–Crippen LogP) is 3.41. The van der Waals surface area contributed by atoms with Gasteiger partial charge in [0, 0.05) is 48.5 Å². The molecule has 1 aromatic carbocycles. The smallest absolute Gasteiger partial charge is 0.269 e. The second-order valence-corrected chi connectivity index (χ2v) is 7.77. The minimum Gasteiger partial charge on any atom is -0.361 e. The van der Waals surface area contributed by atoms with Crippen molar-refractivity contribution in [1.82, 2.24) is 20.2 Å². The van der Waals surface area contributed by atoms with Crippen molar-refractivity contribution < 1.29 is 9.59 Å². The molecule has 2 amide bonds. The summed E-state index contributed by atoms with van der Waals surface area (Å²) in [7, 11) is 0. The molecule has 2 N–H and O–H groups in total. The molecule has 4 rings (SSSR count). The Labute approximate surface area is 170 Å². The Morgan fingerprint density at radius 3 is 2.83 bits per heavy atom. The van der Waals surface area contributed by atoms with E-state index < -0.39 is 0 Å². The van der Waals surface area contributed by atoms with Gasteiger partial charge in [0.25, 0.3) is 11.8 Å². The summed E-state index contributed by atoms with van der Waals surface area (Å²) in [5, 5.41) is 4.08. The summed E-state index contributed by atoms with van der Waals surface area (Å²) in [6.07, 6.45) is 6.29. The Balaban J connectivity index is 1.36. The van der Waals surface area contributed by atoms with Gasteiger partial charge >= 0.3 is 0 Å². The Bertz CT molecular complexity index is 1020. The van der Waals surface area contributed by atoms with Crippen molar-refractivity contribution in [2.75, 3.05) is 19.6 Å². The lowest BCUT2D eigenvalue weighted by Gasteiger charge is -2.30. The average molecular weight is 390 g/mol. The van der Waals surface area contributed by atoms with Crippen molar-refractivity contribution >= 4 is 22.7 Å². The molecule has 6 heteroatoms. The summed E-state index contributed by atoms with van der Waals surface area (Å²) in [5.74, 6) is 0.383. The van der Waals surface area contributed by atoms with E-state index >= 15 is 0 Å². The molecule has 29 heavy (non-hydrogen) atoms. The maximum atomic E-state index is 12.7. The van der Waals surface area contributed by atoms with Gasteiger partial charge in [-0.1, -0.05) is 25.1 Å². The molecule has 1 fully saturated rings. The van der Waals surface area contributed by atoms with Crippen LogP contribution in [0.2, 0.25) is 0 Å². The number of aromatic amines is 1. The molecule has 0 aliphatic carbocycles. The highest BCUT2D eigenvalue weighted by Crippen LogP contribution is 2.19. The number of carbonyl (C=O) groups is 2. The fourth-order valence-electron chi connectivity index (χ4n) is 3.82. The molecular formula is C23H26N4O2. The number of nitrogens with zero attached hydrogens (tertiary/aromatic N) is 2. The third kappa shape index (κ3) is 4.31. The van der Waals surface area contributed by atoms with E-state index in [0.717, 1.165) is 43.4 Å². The Hall–Kier alpha value is -3.15. The summed E-state index contributed by atoms with van der Waals surface area (Å²) in [4.78, 5) is 34.5. The molecule has 0 unspecified atom stereocenters. The standard InChI is InChI=1S/C23H26N4O2/c1-16-8-12-27(13-9-16)23(29)17-6-10-24-21(14-17)22(28)25-11-7-18-15-26-20-5-3-2-4-19(18)20/h2-6,10,14-16,26H,7-9,11-13H2,1H3,(H,25,28). The van der Waals surface area contributed by atoms with Crippen molar-refractivity contribution in [1.29, 1.82) is 0 Å². The summed E-state index contributed by atoms with van der Waals surface area (Å²) >= 11 is 0. The molecular weight excluding hydrogens is 364 g/mol. The van der Waals surface area contributed by atoms with Crippen molar-refractivity contribution in [2.45, 2.75) is 26.2 Å². The van der Waals surface area contributed by atoms with Crippen molar-refractivity contribution in [3.8, 4) is 0 Å². The van der Waals surface area contributed by atoms with Crippen LogP contribution < -0.4 is 5.32 Å². The molecule has 0 spiro atoms. The first-order valence-corrected chi connectivity index (χ1v) is 10.2. The lowest BCUT2D eigenvalue weighted by molar-refractivity contribution is 0.0697. The Kier molecular flexibility index (Phi) is 5.60. The number of aromatic nitrogens is 2. The van der Waals surface area contributed by atoms with Crippen molar-refractivity contribution in [3.63, 3.8) is 0 Å². The van der Waals surface area contributed by atoms with Crippen molar-refractivity contribution in [2.24, 2.45) is 5.92 Å². The molecule has 2 aromatic heterocycles. The summed E-state index contributed by atoms with van der Waals surface area (Å²) in [6.45, 7) is 4.26. The van der Waals surface area contributed by atoms with E-state index in [1.807, 2.05) is 29.3 Å². The van der Waals surface area contributed by atoms with Crippen LogP contribution in [0, 0.1) is 5.92 Å². The van der Waals surface area contributed by atoms with Crippen LogP contribution in [-0.2, 0) is 6.42 Å². The van der Waals surface area contributed by atoms with Crippen LogP contribution in [-0.4, -0.2) is 46.3 Å². The second-order valence-electron chi connectivity index (χ2n) is 7.77. The van der Waals surface area contributed by atoms with E-state index in [2.05, 4.69) is 28.3 Å². The maximum Gasteiger partial charge on any atom is 0.269 e. The molecule has 6 nitrogen and oxygen atoms in total. The number of carbonyl (C=O) groups excluding carboxylic acids is 2. The highest BCUT2D eigenvalue weighted by Gasteiger charge is 2.22. The fraction of sp³-hybridized carbons (Fsp3) is 0.348. The molecule has 3 heterocycles. The average Bonchev–Trinajstić information content (AvgIpc) is 3.17. The summed E-state index contributed by atoms with van der Waals surface area (Å²) in [5.41, 5.74) is 3.06. The molecule has 0 saturated carbocycles. The van der Waals surface area contributed by atoms with Gasteiger partial charge in [0.05, 0.1) is 0 Å².